The maximum atomic E-state index is 11.9. The first-order valence-electron chi connectivity index (χ1n) is 10.5. The Morgan fingerprint density at radius 2 is 2.15 bits per heavy atom. The third-order valence-corrected chi connectivity index (χ3v) is 5.75. The summed E-state index contributed by atoms with van der Waals surface area (Å²) in [6, 6.07) is 0.0223. The number of carbonyl (C=O) groups is 1. The molecule has 14 heteroatoms. The van der Waals surface area contributed by atoms with Crippen molar-refractivity contribution < 1.29 is 29.6 Å². The molecular formula is C19H24N8O6. The van der Waals surface area contributed by atoms with Crippen LogP contribution in [0.4, 0.5) is 5.82 Å². The number of nitrogens with zero attached hydrogens (tertiary/aromatic N) is 6. The summed E-state index contributed by atoms with van der Waals surface area (Å²) in [6.45, 7) is 0.689. The molecule has 3 aromatic heterocycles. The fourth-order valence-electron chi connectivity index (χ4n) is 3.94. The van der Waals surface area contributed by atoms with Crippen molar-refractivity contribution in [1.82, 2.24) is 34.6 Å². The van der Waals surface area contributed by atoms with E-state index in [1.165, 1.54) is 35.0 Å². The normalized spacial score (nSPS) is 27.3. The predicted molar refractivity (Wildman–Crippen MR) is 112 cm³/mol. The number of aliphatic hydroxyl groups is 3. The second-order valence-electron chi connectivity index (χ2n) is 7.88. The van der Waals surface area contributed by atoms with E-state index in [9.17, 15) is 20.1 Å². The highest BCUT2D eigenvalue weighted by Gasteiger charge is 2.44. The minimum Gasteiger partial charge on any atom is -0.394 e. The number of hydrogen-bond acceptors (Lipinski definition) is 11. The molecule has 0 bridgehead atoms. The highest BCUT2D eigenvalue weighted by Crippen LogP contribution is 2.33. The van der Waals surface area contributed by atoms with E-state index in [-0.39, 0.29) is 17.9 Å². The number of nitrogens with one attached hydrogen (secondary N) is 2. The van der Waals surface area contributed by atoms with Crippen LogP contribution in [0.1, 0.15) is 23.0 Å². The molecule has 1 unspecified atom stereocenters. The van der Waals surface area contributed by atoms with Crippen molar-refractivity contribution in [2.45, 2.75) is 37.0 Å². The molecule has 0 radical (unpaired) electrons. The van der Waals surface area contributed by atoms with Gasteiger partial charge in [-0.1, -0.05) is 0 Å². The van der Waals surface area contributed by atoms with Crippen LogP contribution >= 0.6 is 0 Å². The lowest BCUT2D eigenvalue weighted by Gasteiger charge is -2.17. The second kappa shape index (κ2) is 8.64. The van der Waals surface area contributed by atoms with Crippen LogP contribution in [0, 0.1) is 0 Å². The van der Waals surface area contributed by atoms with Crippen LogP contribution < -0.4 is 10.6 Å². The van der Waals surface area contributed by atoms with Gasteiger partial charge in [-0.15, -0.1) is 0 Å². The minimum atomic E-state index is -1.30. The smallest absolute Gasteiger partial charge is 0.254 e. The maximum absolute atomic E-state index is 11.9. The number of ether oxygens (including phenoxy) is 2. The largest absolute Gasteiger partial charge is 0.394 e. The lowest BCUT2D eigenvalue weighted by atomic mass is 10.1. The van der Waals surface area contributed by atoms with E-state index in [0.717, 1.165) is 6.42 Å². The molecular weight excluding hydrogens is 436 g/mol. The van der Waals surface area contributed by atoms with Crippen LogP contribution in [0.2, 0.25) is 0 Å². The van der Waals surface area contributed by atoms with Gasteiger partial charge in [0.25, 0.3) is 11.9 Å². The predicted octanol–water partition coefficient (Wildman–Crippen LogP) is -1.82. The Morgan fingerprint density at radius 1 is 1.30 bits per heavy atom. The first-order valence-corrected chi connectivity index (χ1v) is 10.5. The Hall–Kier alpha value is -3.17. The average Bonchev–Trinajstić information content (AvgIpc) is 3.61. The van der Waals surface area contributed by atoms with Gasteiger partial charge in [-0.3, -0.25) is 9.36 Å². The van der Waals surface area contributed by atoms with E-state index in [2.05, 4.69) is 30.7 Å². The van der Waals surface area contributed by atoms with Crippen LogP contribution in [0.3, 0.4) is 0 Å². The van der Waals surface area contributed by atoms with Gasteiger partial charge in [0.15, 0.2) is 23.2 Å². The lowest BCUT2D eigenvalue weighted by molar-refractivity contribution is -0.0511. The van der Waals surface area contributed by atoms with Gasteiger partial charge in [-0.25, -0.2) is 9.67 Å². The summed E-state index contributed by atoms with van der Waals surface area (Å²) in [6.07, 6.45) is 0.571. The monoisotopic (exact) mass is 460 g/mol. The number of imidazole rings is 1. The van der Waals surface area contributed by atoms with Crippen molar-refractivity contribution in [2.24, 2.45) is 0 Å². The maximum Gasteiger partial charge on any atom is 0.254 e. The first kappa shape index (κ1) is 21.7. The lowest BCUT2D eigenvalue weighted by Crippen LogP contribution is -2.33. The van der Waals surface area contributed by atoms with E-state index in [0.29, 0.717) is 35.8 Å². The summed E-state index contributed by atoms with van der Waals surface area (Å²) < 4.78 is 13.9. The molecule has 1 amide bonds. The highest BCUT2D eigenvalue weighted by molar-refractivity contribution is 5.93. The SMILES string of the molecule is CNC(=O)c1cnn(-c2nc(NC3CCOC3)c3ncn([C@@H]4O[C@H](CO)[C@@H](O)[C@H]4O)c3n2)c1. The summed E-state index contributed by atoms with van der Waals surface area (Å²) in [5, 5.41) is 40.1. The fourth-order valence-corrected chi connectivity index (χ4v) is 3.94. The fraction of sp³-hybridized carbons (Fsp3) is 0.526. The standard InChI is InChI=1S/C19H24N8O6/c1-20-17(31)9-4-22-27(5-9)19-24-15(23-10-2-3-32-7-10)12-16(25-19)26(8-21-12)18-14(30)13(29)11(6-28)33-18/h4-5,8,10-11,13-14,18,28-30H,2-3,6-7H2,1H3,(H,20,31)(H,23,24,25)/t10?,11-,13-,14-,18-/m1/s1. The third kappa shape index (κ3) is 3.81. The van der Waals surface area contributed by atoms with Gasteiger partial charge in [0, 0.05) is 19.9 Å². The molecule has 2 fully saturated rings. The number of aromatic nitrogens is 6. The van der Waals surface area contributed by atoms with Gasteiger partial charge in [0.2, 0.25) is 0 Å². The van der Waals surface area contributed by atoms with Gasteiger partial charge in [0.05, 0.1) is 37.3 Å². The molecule has 14 nitrogen and oxygen atoms in total. The number of rotatable bonds is 6. The van der Waals surface area contributed by atoms with Gasteiger partial charge in [-0.2, -0.15) is 15.1 Å². The van der Waals surface area contributed by atoms with Crippen molar-refractivity contribution in [2.75, 3.05) is 32.2 Å². The molecule has 3 aromatic rings. The number of carbonyl (C=O) groups excluding carboxylic acids is 1. The number of fused-ring (bicyclic) bond motifs is 1. The molecule has 0 aromatic carbocycles. The zero-order valence-electron chi connectivity index (χ0n) is 17.7. The molecule has 5 heterocycles. The number of anilines is 1. The zero-order chi connectivity index (χ0) is 23.1. The Morgan fingerprint density at radius 3 is 2.85 bits per heavy atom. The summed E-state index contributed by atoms with van der Waals surface area (Å²) in [5.41, 5.74) is 1.06. The third-order valence-electron chi connectivity index (χ3n) is 5.75. The Bertz CT molecular complexity index is 1160. The van der Waals surface area contributed by atoms with Crippen molar-refractivity contribution >= 4 is 22.9 Å². The summed E-state index contributed by atoms with van der Waals surface area (Å²) in [7, 11) is 1.52. The molecule has 0 spiro atoms. The van der Waals surface area contributed by atoms with Crippen LogP contribution in [-0.4, -0.2) is 102 Å². The molecule has 0 saturated carbocycles. The molecule has 5 rings (SSSR count). The second-order valence-corrected chi connectivity index (χ2v) is 7.88. The molecule has 2 aliphatic heterocycles. The van der Waals surface area contributed by atoms with E-state index < -0.39 is 31.1 Å². The number of aliphatic hydroxyl groups excluding tert-OH is 3. The quantitative estimate of drug-likeness (QED) is 0.279. The van der Waals surface area contributed by atoms with Crippen molar-refractivity contribution in [3.05, 3.63) is 24.3 Å². The van der Waals surface area contributed by atoms with Crippen LogP contribution in [0.15, 0.2) is 18.7 Å². The summed E-state index contributed by atoms with van der Waals surface area (Å²) in [4.78, 5) is 25.5. The molecule has 176 valence electrons. The van der Waals surface area contributed by atoms with Gasteiger partial charge in [-0.05, 0) is 6.42 Å². The average molecular weight is 460 g/mol. The van der Waals surface area contributed by atoms with Crippen molar-refractivity contribution in [3.8, 4) is 5.95 Å². The molecule has 33 heavy (non-hydrogen) atoms. The Labute approximate surface area is 187 Å². The topological polar surface area (TPSA) is 182 Å². The van der Waals surface area contributed by atoms with E-state index >= 15 is 0 Å². The summed E-state index contributed by atoms with van der Waals surface area (Å²) in [5.74, 6) is 0.279. The molecule has 0 aliphatic carbocycles. The van der Waals surface area contributed by atoms with Gasteiger partial charge < -0.3 is 35.4 Å². The Balaban J connectivity index is 1.59. The molecule has 5 atom stereocenters. The highest BCUT2D eigenvalue weighted by atomic mass is 16.6. The van der Waals surface area contributed by atoms with Crippen molar-refractivity contribution in [1.29, 1.82) is 0 Å². The Kier molecular flexibility index (Phi) is 5.67. The van der Waals surface area contributed by atoms with E-state index in [1.807, 2.05) is 0 Å². The summed E-state index contributed by atoms with van der Waals surface area (Å²) >= 11 is 0. The minimum absolute atomic E-state index is 0.0223. The zero-order valence-corrected chi connectivity index (χ0v) is 17.7. The number of hydrogen-bond donors (Lipinski definition) is 5. The van der Waals surface area contributed by atoms with E-state index in [1.54, 1.807) is 0 Å². The van der Waals surface area contributed by atoms with Crippen LogP contribution in [0.25, 0.3) is 17.1 Å². The number of amides is 1. The van der Waals surface area contributed by atoms with E-state index in [4.69, 9.17) is 9.47 Å². The van der Waals surface area contributed by atoms with Crippen LogP contribution in [-0.2, 0) is 9.47 Å². The van der Waals surface area contributed by atoms with Gasteiger partial charge >= 0.3 is 0 Å². The van der Waals surface area contributed by atoms with Gasteiger partial charge in [0.1, 0.15) is 18.3 Å². The molecule has 2 saturated heterocycles. The molecule has 2 aliphatic rings. The first-order chi connectivity index (χ1) is 16.0. The van der Waals surface area contributed by atoms with Crippen LogP contribution in [0.5, 0.6) is 0 Å². The molecule has 5 N–H and O–H groups in total. The van der Waals surface area contributed by atoms with Crippen molar-refractivity contribution in [3.63, 3.8) is 0 Å².